The molecule has 0 aliphatic rings. The van der Waals surface area contributed by atoms with E-state index in [1.807, 2.05) is 31.2 Å². The van der Waals surface area contributed by atoms with Crippen LogP contribution in [0.4, 0.5) is 0 Å². The van der Waals surface area contributed by atoms with Crippen molar-refractivity contribution >= 4 is 49.2 Å². The molecule has 29 heavy (non-hydrogen) atoms. The highest BCUT2D eigenvalue weighted by molar-refractivity contribution is 9.10. The minimum atomic E-state index is -3.34. The number of benzene rings is 2. The number of nitrogens with one attached hydrogen (secondary N) is 1. The molecule has 154 valence electrons. The standard InChI is InChI=1S/C20H20BrCl2N3O2S/c1-3-16-18(12-24-29(27,28)4-2)25-26(19-10-9-15(22)11-17(19)23)20(16)13-5-7-14(21)8-6-13/h5-11,24H,3-4,12H2,1-2H3. The molecule has 3 aromatic rings. The number of nitrogens with zero attached hydrogens (tertiary/aromatic N) is 2. The maximum atomic E-state index is 11.9. The second kappa shape index (κ2) is 9.18. The summed E-state index contributed by atoms with van der Waals surface area (Å²) < 4.78 is 29.2. The molecular weight excluding hydrogens is 497 g/mol. The normalized spacial score (nSPS) is 11.8. The molecule has 1 heterocycles. The van der Waals surface area contributed by atoms with E-state index >= 15 is 0 Å². The number of sulfonamides is 1. The van der Waals surface area contributed by atoms with E-state index in [2.05, 4.69) is 20.7 Å². The number of rotatable bonds is 7. The third-order valence-electron chi connectivity index (χ3n) is 4.52. The van der Waals surface area contributed by atoms with Crippen molar-refractivity contribution in [3.63, 3.8) is 0 Å². The van der Waals surface area contributed by atoms with Crippen LogP contribution >= 0.6 is 39.1 Å². The summed E-state index contributed by atoms with van der Waals surface area (Å²) in [5, 5.41) is 5.72. The van der Waals surface area contributed by atoms with Crippen LogP contribution < -0.4 is 4.72 Å². The number of aromatic nitrogens is 2. The van der Waals surface area contributed by atoms with E-state index < -0.39 is 10.0 Å². The smallest absolute Gasteiger partial charge is 0.211 e. The fourth-order valence-electron chi connectivity index (χ4n) is 3.02. The van der Waals surface area contributed by atoms with Crippen molar-refractivity contribution < 1.29 is 8.42 Å². The second-order valence-electron chi connectivity index (χ2n) is 6.37. The molecule has 1 N–H and O–H groups in total. The van der Waals surface area contributed by atoms with Gasteiger partial charge in [0.15, 0.2) is 0 Å². The van der Waals surface area contributed by atoms with Gasteiger partial charge in [-0.2, -0.15) is 5.10 Å². The summed E-state index contributed by atoms with van der Waals surface area (Å²) in [5.41, 5.74) is 4.11. The number of halogens is 3. The van der Waals surface area contributed by atoms with Gasteiger partial charge in [-0.25, -0.2) is 17.8 Å². The van der Waals surface area contributed by atoms with E-state index in [0.29, 0.717) is 27.8 Å². The Morgan fingerprint density at radius 1 is 1.10 bits per heavy atom. The average molecular weight is 517 g/mol. The highest BCUT2D eigenvalue weighted by atomic mass is 79.9. The second-order valence-corrected chi connectivity index (χ2v) is 10.2. The highest BCUT2D eigenvalue weighted by Crippen LogP contribution is 2.34. The zero-order valence-electron chi connectivity index (χ0n) is 15.9. The summed E-state index contributed by atoms with van der Waals surface area (Å²) in [6.45, 7) is 3.73. The molecule has 0 saturated carbocycles. The summed E-state index contributed by atoms with van der Waals surface area (Å²) >= 11 is 16.0. The molecule has 0 fully saturated rings. The molecule has 0 saturated heterocycles. The molecule has 3 rings (SSSR count). The Bertz CT molecular complexity index is 1130. The van der Waals surface area contributed by atoms with Gasteiger partial charge >= 0.3 is 0 Å². The average Bonchev–Trinajstić information content (AvgIpc) is 3.05. The van der Waals surface area contributed by atoms with Gasteiger partial charge in [-0.15, -0.1) is 0 Å². The van der Waals surface area contributed by atoms with Crippen molar-refractivity contribution in [3.05, 3.63) is 68.2 Å². The van der Waals surface area contributed by atoms with Crippen LogP contribution in [0.1, 0.15) is 25.1 Å². The predicted molar refractivity (Wildman–Crippen MR) is 122 cm³/mol. The maximum Gasteiger partial charge on any atom is 0.211 e. The lowest BCUT2D eigenvalue weighted by atomic mass is 10.0. The van der Waals surface area contributed by atoms with Crippen LogP contribution in [-0.4, -0.2) is 24.0 Å². The molecule has 0 aliphatic heterocycles. The van der Waals surface area contributed by atoms with Crippen molar-refractivity contribution in [2.75, 3.05) is 5.75 Å². The van der Waals surface area contributed by atoms with E-state index in [1.54, 1.807) is 29.8 Å². The Kier molecular flexibility index (Phi) is 7.06. The molecular formula is C20H20BrCl2N3O2S. The molecule has 0 aliphatic carbocycles. The van der Waals surface area contributed by atoms with Crippen LogP contribution in [0, 0.1) is 0 Å². The van der Waals surface area contributed by atoms with E-state index in [-0.39, 0.29) is 12.3 Å². The van der Waals surface area contributed by atoms with E-state index in [4.69, 9.17) is 28.3 Å². The van der Waals surface area contributed by atoms with Crippen LogP contribution in [0.15, 0.2) is 46.9 Å². The van der Waals surface area contributed by atoms with Gasteiger partial charge in [0.05, 0.1) is 34.4 Å². The minimum Gasteiger partial charge on any atom is -0.231 e. The van der Waals surface area contributed by atoms with Crippen LogP contribution in [0.25, 0.3) is 16.9 Å². The molecule has 0 amide bonds. The molecule has 0 radical (unpaired) electrons. The van der Waals surface area contributed by atoms with E-state index in [0.717, 1.165) is 21.3 Å². The largest absolute Gasteiger partial charge is 0.231 e. The Balaban J connectivity index is 2.21. The molecule has 0 atom stereocenters. The zero-order valence-corrected chi connectivity index (χ0v) is 19.8. The summed E-state index contributed by atoms with van der Waals surface area (Å²) in [4.78, 5) is 0. The summed E-state index contributed by atoms with van der Waals surface area (Å²) in [6.07, 6.45) is 0.680. The molecule has 0 bridgehead atoms. The van der Waals surface area contributed by atoms with Crippen molar-refractivity contribution in [1.29, 1.82) is 0 Å². The number of hydrogen-bond donors (Lipinski definition) is 1. The third-order valence-corrected chi connectivity index (χ3v) is 6.93. The SMILES string of the molecule is CCc1c(CNS(=O)(=O)CC)nn(-c2ccc(Cl)cc2Cl)c1-c1ccc(Br)cc1. The van der Waals surface area contributed by atoms with Crippen LogP contribution in [0.5, 0.6) is 0 Å². The van der Waals surface area contributed by atoms with Crippen LogP contribution in [0.2, 0.25) is 10.0 Å². The van der Waals surface area contributed by atoms with E-state index in [1.165, 1.54) is 0 Å². The fraction of sp³-hybridized carbons (Fsp3) is 0.250. The van der Waals surface area contributed by atoms with Gasteiger partial charge in [0.25, 0.3) is 0 Å². The molecule has 0 spiro atoms. The summed E-state index contributed by atoms with van der Waals surface area (Å²) in [7, 11) is -3.34. The lowest BCUT2D eigenvalue weighted by molar-refractivity contribution is 0.581. The minimum absolute atomic E-state index is 0.0117. The molecule has 9 heteroatoms. The summed E-state index contributed by atoms with van der Waals surface area (Å²) in [6, 6.07) is 13.1. The molecule has 2 aromatic carbocycles. The van der Waals surface area contributed by atoms with Gasteiger partial charge in [-0.05, 0) is 43.7 Å². The topological polar surface area (TPSA) is 64.0 Å². The first-order valence-electron chi connectivity index (χ1n) is 9.05. The first-order valence-corrected chi connectivity index (χ1v) is 12.2. The third kappa shape index (κ3) is 5.03. The van der Waals surface area contributed by atoms with Gasteiger partial charge < -0.3 is 0 Å². The predicted octanol–water partition coefficient (Wildman–Crippen LogP) is 5.61. The van der Waals surface area contributed by atoms with Crippen molar-refractivity contribution in [3.8, 4) is 16.9 Å². The zero-order chi connectivity index (χ0) is 21.2. The Morgan fingerprint density at radius 2 is 1.79 bits per heavy atom. The fourth-order valence-corrected chi connectivity index (χ4v) is 4.33. The first-order chi connectivity index (χ1) is 13.8. The first kappa shape index (κ1) is 22.3. The number of hydrogen-bond acceptors (Lipinski definition) is 3. The molecule has 1 aromatic heterocycles. The summed E-state index contributed by atoms with van der Waals surface area (Å²) in [5.74, 6) is 0.0117. The lowest BCUT2D eigenvalue weighted by Gasteiger charge is -2.11. The Morgan fingerprint density at radius 3 is 2.38 bits per heavy atom. The molecule has 0 unspecified atom stereocenters. The van der Waals surface area contributed by atoms with Gasteiger partial charge in [0.2, 0.25) is 10.0 Å². The lowest BCUT2D eigenvalue weighted by Crippen LogP contribution is -2.25. The van der Waals surface area contributed by atoms with Crippen molar-refractivity contribution in [2.45, 2.75) is 26.8 Å². The van der Waals surface area contributed by atoms with E-state index in [9.17, 15) is 8.42 Å². The quantitative estimate of drug-likeness (QED) is 0.443. The van der Waals surface area contributed by atoms with Gasteiger partial charge in [0, 0.05) is 20.6 Å². The van der Waals surface area contributed by atoms with Crippen molar-refractivity contribution in [1.82, 2.24) is 14.5 Å². The van der Waals surface area contributed by atoms with Gasteiger partial charge in [-0.3, -0.25) is 0 Å². The Hall–Kier alpha value is -1.38. The maximum absolute atomic E-state index is 11.9. The molecule has 5 nitrogen and oxygen atoms in total. The van der Waals surface area contributed by atoms with Crippen molar-refractivity contribution in [2.24, 2.45) is 0 Å². The van der Waals surface area contributed by atoms with Crippen LogP contribution in [0.3, 0.4) is 0 Å². The Labute approximate surface area is 189 Å². The van der Waals surface area contributed by atoms with Gasteiger partial charge in [-0.1, -0.05) is 58.2 Å². The monoisotopic (exact) mass is 515 g/mol. The highest BCUT2D eigenvalue weighted by Gasteiger charge is 2.21. The van der Waals surface area contributed by atoms with Crippen LogP contribution in [-0.2, 0) is 23.0 Å². The van der Waals surface area contributed by atoms with Gasteiger partial charge in [0.1, 0.15) is 0 Å².